The standard InChI is InChI=1S/C17H25Cl2NO6P/c18-13-2-1-10(3-14(13)19)6-20-7-12(21)9-27(25,26)8-11-4-15(22)17(24)16(23)5-11/h1-3,11,15-17,20,22-26H,4-9H2/q+1. The zero-order valence-electron chi connectivity index (χ0n) is 14.6. The molecule has 6 N–H and O–H groups in total. The Kier molecular flexibility index (Phi) is 8.43. The third kappa shape index (κ3) is 7.20. The van der Waals surface area contributed by atoms with Gasteiger partial charge in [-0.15, -0.1) is 0 Å². The zero-order valence-corrected chi connectivity index (χ0v) is 17.0. The molecule has 1 aromatic carbocycles. The van der Waals surface area contributed by atoms with Crippen molar-refractivity contribution >= 4 is 36.7 Å². The van der Waals surface area contributed by atoms with Crippen LogP contribution in [0.4, 0.5) is 0 Å². The molecule has 1 aliphatic rings. The minimum absolute atomic E-state index is 0.0300. The van der Waals surface area contributed by atoms with Crippen LogP contribution in [0.1, 0.15) is 18.4 Å². The van der Waals surface area contributed by atoms with Crippen LogP contribution >= 0.6 is 30.9 Å². The quantitative estimate of drug-likeness (QED) is 0.332. The normalized spacial score (nSPS) is 26.2. The maximum absolute atomic E-state index is 12.1. The van der Waals surface area contributed by atoms with E-state index in [1.165, 1.54) is 0 Å². The number of aliphatic hydroxyl groups excluding tert-OH is 3. The molecule has 2 unspecified atom stereocenters. The molecule has 1 saturated carbocycles. The van der Waals surface area contributed by atoms with Gasteiger partial charge in [-0.3, -0.25) is 4.79 Å². The fourth-order valence-electron chi connectivity index (χ4n) is 3.28. The largest absolute Gasteiger partial charge is 0.390 e. The van der Waals surface area contributed by atoms with Crippen molar-refractivity contribution in [1.82, 2.24) is 5.32 Å². The summed E-state index contributed by atoms with van der Waals surface area (Å²) in [6, 6.07) is 5.12. The molecule has 2 atom stereocenters. The lowest BCUT2D eigenvalue weighted by atomic mass is 9.84. The first-order chi connectivity index (χ1) is 12.6. The molecule has 10 heteroatoms. The van der Waals surface area contributed by atoms with Crippen molar-refractivity contribution in [3.8, 4) is 0 Å². The van der Waals surface area contributed by atoms with Crippen molar-refractivity contribution in [1.29, 1.82) is 0 Å². The Labute approximate surface area is 168 Å². The molecule has 0 spiro atoms. The average Bonchev–Trinajstić information content (AvgIpc) is 2.55. The van der Waals surface area contributed by atoms with Crippen molar-refractivity contribution in [3.63, 3.8) is 0 Å². The van der Waals surface area contributed by atoms with Crippen LogP contribution in [-0.2, 0) is 11.3 Å². The van der Waals surface area contributed by atoms with E-state index >= 15 is 0 Å². The van der Waals surface area contributed by atoms with E-state index in [0.717, 1.165) is 5.56 Å². The fourth-order valence-corrected chi connectivity index (χ4v) is 5.53. The Morgan fingerprint density at radius 3 is 2.33 bits per heavy atom. The number of aliphatic hydroxyl groups is 3. The zero-order chi connectivity index (χ0) is 20.2. The Balaban J connectivity index is 1.77. The SMILES string of the molecule is O=C(CNCc1ccc(Cl)c(Cl)c1)C[P+](O)(O)CC1CC(O)C(O)C(O)C1. The topological polar surface area (TPSA) is 130 Å². The number of hydrogen-bond acceptors (Lipinski definition) is 7. The number of Topliss-reactive ketones (excluding diaryl/α,β-unsaturated/α-hetero) is 1. The first-order valence-corrected chi connectivity index (χ1v) is 11.4. The highest BCUT2D eigenvalue weighted by molar-refractivity contribution is 7.65. The van der Waals surface area contributed by atoms with Gasteiger partial charge in [-0.1, -0.05) is 29.3 Å². The summed E-state index contributed by atoms with van der Waals surface area (Å²) in [5.74, 6) is -0.705. The summed E-state index contributed by atoms with van der Waals surface area (Å²) in [6.45, 7) is 0.349. The van der Waals surface area contributed by atoms with Crippen LogP contribution in [0, 0.1) is 5.92 Å². The lowest BCUT2D eigenvalue weighted by Crippen LogP contribution is -2.45. The summed E-state index contributed by atoms with van der Waals surface area (Å²) >= 11 is 11.8. The molecule has 1 aliphatic carbocycles. The molecule has 1 fully saturated rings. The average molecular weight is 441 g/mol. The number of benzene rings is 1. The summed E-state index contributed by atoms with van der Waals surface area (Å²) in [7, 11) is -3.50. The van der Waals surface area contributed by atoms with Gasteiger partial charge in [0.05, 0.1) is 28.8 Å². The number of hydrogen-bond donors (Lipinski definition) is 6. The highest BCUT2D eigenvalue weighted by atomic mass is 35.5. The second-order valence-corrected chi connectivity index (χ2v) is 10.3. The number of rotatable bonds is 8. The van der Waals surface area contributed by atoms with Gasteiger partial charge in [0.2, 0.25) is 0 Å². The van der Waals surface area contributed by atoms with Crippen LogP contribution < -0.4 is 5.32 Å². The molecule has 0 radical (unpaired) electrons. The van der Waals surface area contributed by atoms with Crippen LogP contribution in [0.15, 0.2) is 18.2 Å². The second-order valence-electron chi connectivity index (χ2n) is 7.07. The number of carbonyl (C=O) groups is 1. The molecule has 0 saturated heterocycles. The molecule has 0 bridgehead atoms. The first kappa shape index (κ1) is 22.9. The Bertz CT molecular complexity index is 650. The maximum Gasteiger partial charge on any atom is 0.275 e. The van der Waals surface area contributed by atoms with Crippen LogP contribution in [0.5, 0.6) is 0 Å². The molecule has 0 amide bonds. The summed E-state index contributed by atoms with van der Waals surface area (Å²) in [4.78, 5) is 32.5. The molecule has 0 heterocycles. The lowest BCUT2D eigenvalue weighted by molar-refractivity contribution is -0.116. The van der Waals surface area contributed by atoms with Crippen molar-refractivity contribution in [3.05, 3.63) is 33.8 Å². The van der Waals surface area contributed by atoms with Crippen LogP contribution in [0.2, 0.25) is 10.0 Å². The van der Waals surface area contributed by atoms with E-state index in [2.05, 4.69) is 5.32 Å². The van der Waals surface area contributed by atoms with Gasteiger partial charge in [0.25, 0.3) is 7.72 Å². The van der Waals surface area contributed by atoms with Gasteiger partial charge in [-0.05, 0) is 30.5 Å². The minimum Gasteiger partial charge on any atom is -0.390 e. The minimum atomic E-state index is -3.50. The summed E-state index contributed by atoms with van der Waals surface area (Å²) in [5.41, 5.74) is 0.843. The summed E-state index contributed by atoms with van der Waals surface area (Å²) in [6.07, 6.45) is -3.56. The van der Waals surface area contributed by atoms with E-state index < -0.39 is 26.0 Å². The van der Waals surface area contributed by atoms with E-state index in [9.17, 15) is 29.9 Å². The molecular weight excluding hydrogens is 416 g/mol. The van der Waals surface area contributed by atoms with Gasteiger partial charge in [-0.2, -0.15) is 0 Å². The van der Waals surface area contributed by atoms with E-state index in [0.29, 0.717) is 16.6 Å². The van der Waals surface area contributed by atoms with Crippen LogP contribution in [-0.4, -0.2) is 68.1 Å². The predicted molar refractivity (Wildman–Crippen MR) is 105 cm³/mol. The molecule has 27 heavy (non-hydrogen) atoms. The number of carbonyl (C=O) groups excluding carboxylic acids is 1. The molecular formula is C17H25Cl2NO6P+. The van der Waals surface area contributed by atoms with Crippen molar-refractivity contribution in [2.45, 2.75) is 37.7 Å². The summed E-state index contributed by atoms with van der Waals surface area (Å²) < 4.78 is 0. The van der Waals surface area contributed by atoms with Crippen LogP contribution in [0.3, 0.4) is 0 Å². The third-order valence-corrected chi connectivity index (χ3v) is 7.25. The van der Waals surface area contributed by atoms with Gasteiger partial charge in [0, 0.05) is 12.5 Å². The molecule has 0 aromatic heterocycles. The second kappa shape index (κ2) is 9.92. The molecule has 0 aliphatic heterocycles. The van der Waals surface area contributed by atoms with Crippen molar-refractivity contribution in [2.24, 2.45) is 5.92 Å². The van der Waals surface area contributed by atoms with Gasteiger partial charge < -0.3 is 20.6 Å². The van der Waals surface area contributed by atoms with E-state index in [1.54, 1.807) is 18.2 Å². The lowest BCUT2D eigenvalue weighted by Gasteiger charge is -2.34. The maximum atomic E-state index is 12.1. The van der Waals surface area contributed by atoms with Crippen LogP contribution in [0.25, 0.3) is 0 Å². The highest BCUT2D eigenvalue weighted by Gasteiger charge is 2.43. The van der Waals surface area contributed by atoms with Gasteiger partial charge in [-0.25, -0.2) is 9.79 Å². The molecule has 1 aromatic rings. The highest BCUT2D eigenvalue weighted by Crippen LogP contribution is 2.53. The predicted octanol–water partition coefficient (Wildman–Crippen LogP) is 0.977. The van der Waals surface area contributed by atoms with E-state index in [1.807, 2.05) is 0 Å². The van der Waals surface area contributed by atoms with Crippen molar-refractivity contribution in [2.75, 3.05) is 18.9 Å². The number of nitrogens with one attached hydrogen (secondary N) is 1. The Hall–Kier alpha value is -0.340. The Morgan fingerprint density at radius 1 is 1.11 bits per heavy atom. The third-order valence-electron chi connectivity index (χ3n) is 4.55. The first-order valence-electron chi connectivity index (χ1n) is 8.60. The van der Waals surface area contributed by atoms with Gasteiger partial charge in [0.1, 0.15) is 12.3 Å². The molecule has 152 valence electrons. The number of ketones is 1. The number of halogens is 2. The van der Waals surface area contributed by atoms with Gasteiger partial charge in [0.15, 0.2) is 11.9 Å². The Morgan fingerprint density at radius 2 is 1.74 bits per heavy atom. The van der Waals surface area contributed by atoms with Gasteiger partial charge >= 0.3 is 0 Å². The smallest absolute Gasteiger partial charge is 0.275 e. The van der Waals surface area contributed by atoms with E-state index in [-0.39, 0.29) is 43.4 Å². The van der Waals surface area contributed by atoms with Crippen molar-refractivity contribution < 1.29 is 29.9 Å². The monoisotopic (exact) mass is 440 g/mol. The summed E-state index contributed by atoms with van der Waals surface area (Å²) in [5, 5.41) is 32.7. The molecule has 2 rings (SSSR count). The molecule has 7 nitrogen and oxygen atoms in total. The fraction of sp³-hybridized carbons (Fsp3) is 0.588. The van der Waals surface area contributed by atoms with E-state index in [4.69, 9.17) is 23.2 Å².